The highest BCUT2D eigenvalue weighted by Gasteiger charge is 2.29. The Bertz CT molecular complexity index is 1260. The number of aryl methyl sites for hydroxylation is 1. The van der Waals surface area contributed by atoms with Crippen LogP contribution < -0.4 is 9.04 Å². The number of carbonyl (C=O) groups excluding carboxylic acids is 1. The van der Waals surface area contributed by atoms with Crippen LogP contribution in [0.1, 0.15) is 27.9 Å². The summed E-state index contributed by atoms with van der Waals surface area (Å²) in [6, 6.07) is 15.6. The molecule has 0 aliphatic carbocycles. The van der Waals surface area contributed by atoms with E-state index >= 15 is 0 Å². The van der Waals surface area contributed by atoms with Gasteiger partial charge in [0.05, 0.1) is 28.3 Å². The lowest BCUT2D eigenvalue weighted by atomic mass is 9.97. The topological polar surface area (TPSA) is 63.7 Å². The van der Waals surface area contributed by atoms with E-state index in [2.05, 4.69) is 0 Å². The molecule has 1 aliphatic rings. The molecule has 4 rings (SSSR count). The molecule has 0 aromatic heterocycles. The molecule has 166 valence electrons. The first-order valence-electron chi connectivity index (χ1n) is 10.1. The maximum atomic E-state index is 14.1. The van der Waals surface area contributed by atoms with E-state index in [1.165, 1.54) is 41.7 Å². The highest BCUT2D eigenvalue weighted by Crippen LogP contribution is 2.34. The van der Waals surface area contributed by atoms with Crippen molar-refractivity contribution < 1.29 is 22.3 Å². The van der Waals surface area contributed by atoms with Gasteiger partial charge in [0.15, 0.2) is 5.78 Å². The average molecular weight is 474 g/mol. The van der Waals surface area contributed by atoms with Gasteiger partial charge in [-0.05, 0) is 66.4 Å². The molecule has 0 N–H and O–H groups in total. The zero-order valence-electron chi connectivity index (χ0n) is 17.3. The Hall–Kier alpha value is -2.90. The maximum Gasteiger partial charge on any atom is 0.264 e. The quantitative estimate of drug-likeness (QED) is 0.470. The Balaban J connectivity index is 1.67. The van der Waals surface area contributed by atoms with Crippen molar-refractivity contribution in [2.45, 2.75) is 24.2 Å². The van der Waals surface area contributed by atoms with Crippen LogP contribution in [0.15, 0.2) is 65.6 Å². The van der Waals surface area contributed by atoms with Gasteiger partial charge >= 0.3 is 0 Å². The van der Waals surface area contributed by atoms with E-state index in [9.17, 15) is 17.6 Å². The van der Waals surface area contributed by atoms with Crippen LogP contribution in [-0.2, 0) is 22.9 Å². The zero-order valence-corrected chi connectivity index (χ0v) is 18.9. The monoisotopic (exact) mass is 473 g/mol. The number of ketones is 1. The third-order valence-corrected chi connectivity index (χ3v) is 7.62. The number of nitrogens with zero attached hydrogens (tertiary/aromatic N) is 1. The van der Waals surface area contributed by atoms with Crippen LogP contribution in [0.5, 0.6) is 5.75 Å². The first-order valence-corrected chi connectivity index (χ1v) is 11.9. The van der Waals surface area contributed by atoms with Crippen molar-refractivity contribution in [1.29, 1.82) is 0 Å². The third kappa shape index (κ3) is 4.23. The summed E-state index contributed by atoms with van der Waals surface area (Å²) in [7, 11) is -2.28. The van der Waals surface area contributed by atoms with Gasteiger partial charge in [-0.2, -0.15) is 0 Å². The van der Waals surface area contributed by atoms with Crippen molar-refractivity contribution >= 4 is 33.1 Å². The highest BCUT2D eigenvalue weighted by molar-refractivity contribution is 7.92. The number of hydrogen-bond donors (Lipinski definition) is 0. The number of ether oxygens (including phenoxy) is 1. The predicted octanol–water partition coefficient (Wildman–Crippen LogP) is 5.05. The van der Waals surface area contributed by atoms with Crippen molar-refractivity contribution in [3.05, 3.63) is 88.2 Å². The van der Waals surface area contributed by atoms with Crippen molar-refractivity contribution in [3.63, 3.8) is 0 Å². The molecular formula is C24H21ClFNO4S. The van der Waals surface area contributed by atoms with E-state index in [-0.39, 0.29) is 21.9 Å². The highest BCUT2D eigenvalue weighted by atomic mass is 35.5. The molecule has 0 saturated carbocycles. The number of benzene rings is 3. The molecule has 0 bridgehead atoms. The summed E-state index contributed by atoms with van der Waals surface area (Å²) in [5.74, 6) is -0.576. The van der Waals surface area contributed by atoms with E-state index in [0.717, 1.165) is 12.0 Å². The molecule has 5 nitrogen and oxygen atoms in total. The largest absolute Gasteiger partial charge is 0.497 e. The van der Waals surface area contributed by atoms with E-state index in [1.807, 2.05) is 6.07 Å². The number of Topliss-reactive ketones (excluding diaryl/α,β-unsaturated/α-hetero) is 1. The predicted molar refractivity (Wildman–Crippen MR) is 122 cm³/mol. The van der Waals surface area contributed by atoms with Gasteiger partial charge < -0.3 is 4.74 Å². The number of sulfonamides is 1. The molecule has 0 atom stereocenters. The summed E-state index contributed by atoms with van der Waals surface area (Å²) in [5.41, 5.74) is 1.85. The van der Waals surface area contributed by atoms with Gasteiger partial charge in [-0.3, -0.25) is 9.10 Å². The fourth-order valence-electron chi connectivity index (χ4n) is 3.86. The minimum absolute atomic E-state index is 0.0525. The lowest BCUT2D eigenvalue weighted by Gasteiger charge is -2.31. The smallest absolute Gasteiger partial charge is 0.264 e. The Morgan fingerprint density at radius 3 is 2.56 bits per heavy atom. The standard InChI is InChI=1S/C24H21ClFNO4S/c1-31-18-9-11-19(12-10-18)32(29,30)27-13-3-4-17-8-7-16(14-22(17)27)15-23(28)24-20(25)5-2-6-21(24)26/h2,5-12,14H,3-4,13,15H2,1H3. The fourth-order valence-corrected chi connectivity index (χ4v) is 5.66. The SMILES string of the molecule is COc1ccc(S(=O)(=O)N2CCCc3ccc(CC(=O)c4c(F)cccc4Cl)cc32)cc1. The van der Waals surface area contributed by atoms with Crippen LogP contribution in [0.4, 0.5) is 10.1 Å². The number of carbonyl (C=O) groups is 1. The zero-order chi connectivity index (χ0) is 22.9. The average Bonchev–Trinajstić information content (AvgIpc) is 2.78. The Morgan fingerprint density at radius 2 is 1.88 bits per heavy atom. The van der Waals surface area contributed by atoms with Crippen molar-refractivity contribution in [2.24, 2.45) is 0 Å². The molecule has 32 heavy (non-hydrogen) atoms. The molecule has 0 amide bonds. The summed E-state index contributed by atoms with van der Waals surface area (Å²) in [6.45, 7) is 0.331. The number of rotatable bonds is 6. The molecule has 0 saturated heterocycles. The van der Waals surface area contributed by atoms with Crippen LogP contribution in [0.3, 0.4) is 0 Å². The van der Waals surface area contributed by atoms with Crippen molar-refractivity contribution in [3.8, 4) is 5.75 Å². The number of anilines is 1. The van der Waals surface area contributed by atoms with Crippen molar-refractivity contribution in [2.75, 3.05) is 18.0 Å². The van der Waals surface area contributed by atoms with Crippen LogP contribution in [-0.4, -0.2) is 27.9 Å². The third-order valence-electron chi connectivity index (χ3n) is 5.48. The maximum absolute atomic E-state index is 14.1. The van der Waals surface area contributed by atoms with E-state index < -0.39 is 21.6 Å². The molecule has 0 unspecified atom stereocenters. The normalized spacial score (nSPS) is 13.5. The van der Waals surface area contributed by atoms with E-state index in [4.69, 9.17) is 16.3 Å². The first-order chi connectivity index (χ1) is 15.3. The second-order valence-corrected chi connectivity index (χ2v) is 9.79. The minimum atomic E-state index is -3.80. The van der Waals surface area contributed by atoms with Gasteiger partial charge in [-0.15, -0.1) is 0 Å². The van der Waals surface area contributed by atoms with Crippen LogP contribution in [0.2, 0.25) is 5.02 Å². The van der Waals surface area contributed by atoms with E-state index in [1.54, 1.807) is 24.3 Å². The Kier molecular flexibility index (Phi) is 6.22. The number of fused-ring (bicyclic) bond motifs is 1. The number of methoxy groups -OCH3 is 1. The lowest BCUT2D eigenvalue weighted by molar-refractivity contribution is 0.0989. The molecule has 1 heterocycles. The van der Waals surface area contributed by atoms with Crippen molar-refractivity contribution in [1.82, 2.24) is 0 Å². The minimum Gasteiger partial charge on any atom is -0.497 e. The second kappa shape index (κ2) is 8.92. The second-order valence-electron chi connectivity index (χ2n) is 7.52. The Morgan fingerprint density at radius 1 is 1.12 bits per heavy atom. The van der Waals surface area contributed by atoms with Gasteiger partial charge in [0, 0.05) is 13.0 Å². The number of hydrogen-bond acceptors (Lipinski definition) is 4. The Labute approximate surface area is 191 Å². The van der Waals surface area contributed by atoms with Crippen LogP contribution >= 0.6 is 11.6 Å². The summed E-state index contributed by atoms with van der Waals surface area (Å²) in [4.78, 5) is 12.9. The number of halogens is 2. The van der Waals surface area contributed by atoms with Gasteiger partial charge in [0.1, 0.15) is 11.6 Å². The molecule has 1 aliphatic heterocycles. The van der Waals surface area contributed by atoms with E-state index in [0.29, 0.717) is 30.0 Å². The van der Waals surface area contributed by atoms with Gasteiger partial charge in [-0.1, -0.05) is 29.8 Å². The first kappa shape index (κ1) is 22.3. The van der Waals surface area contributed by atoms with Gasteiger partial charge in [-0.25, -0.2) is 12.8 Å². The summed E-state index contributed by atoms with van der Waals surface area (Å²) in [6.07, 6.45) is 1.33. The van der Waals surface area contributed by atoms with Crippen LogP contribution in [0.25, 0.3) is 0 Å². The molecule has 8 heteroatoms. The van der Waals surface area contributed by atoms with Gasteiger partial charge in [0.25, 0.3) is 10.0 Å². The molecular weight excluding hydrogens is 453 g/mol. The molecule has 3 aromatic rings. The molecule has 0 radical (unpaired) electrons. The molecule has 3 aromatic carbocycles. The molecule has 0 fully saturated rings. The summed E-state index contributed by atoms with van der Waals surface area (Å²) >= 11 is 6.02. The summed E-state index contributed by atoms with van der Waals surface area (Å²) in [5, 5.41) is 0.0525. The van der Waals surface area contributed by atoms with Gasteiger partial charge in [0.2, 0.25) is 0 Å². The fraction of sp³-hybridized carbons (Fsp3) is 0.208. The molecule has 0 spiro atoms. The van der Waals surface area contributed by atoms with Crippen LogP contribution in [0, 0.1) is 5.82 Å². The lowest BCUT2D eigenvalue weighted by Crippen LogP contribution is -2.35. The summed E-state index contributed by atoms with van der Waals surface area (Å²) < 4.78 is 47.3.